The van der Waals surface area contributed by atoms with Crippen molar-refractivity contribution in [2.45, 2.75) is 25.7 Å². The van der Waals surface area contributed by atoms with E-state index in [1.54, 1.807) is 43.6 Å². The maximum absolute atomic E-state index is 12.4. The SMILES string of the molecule is COc1ccc(-c2nc(CCNC(=O)Nc3ccc(OC)c(N4CCCCC4=O)c3)co2)cc1. The molecule has 1 saturated heterocycles. The van der Waals surface area contributed by atoms with Crippen LogP contribution in [-0.4, -0.2) is 44.2 Å². The molecule has 1 aliphatic heterocycles. The molecule has 9 heteroatoms. The van der Waals surface area contributed by atoms with Crippen molar-refractivity contribution in [2.75, 3.05) is 37.5 Å². The van der Waals surface area contributed by atoms with Crippen LogP contribution in [0.15, 0.2) is 53.1 Å². The molecule has 0 bridgehead atoms. The van der Waals surface area contributed by atoms with E-state index in [0.717, 1.165) is 29.8 Å². The van der Waals surface area contributed by atoms with Crippen LogP contribution in [0.5, 0.6) is 11.5 Å². The molecule has 3 aromatic rings. The van der Waals surface area contributed by atoms with Crippen molar-refractivity contribution in [2.24, 2.45) is 0 Å². The van der Waals surface area contributed by atoms with Crippen LogP contribution in [0.3, 0.4) is 0 Å². The number of rotatable bonds is 8. The summed E-state index contributed by atoms with van der Waals surface area (Å²) in [4.78, 5) is 30.9. The Kier molecular flexibility index (Phi) is 7.31. The smallest absolute Gasteiger partial charge is 0.319 e. The third kappa shape index (κ3) is 5.48. The van der Waals surface area contributed by atoms with Gasteiger partial charge in [0, 0.05) is 37.2 Å². The molecule has 2 aromatic carbocycles. The molecule has 0 unspecified atom stereocenters. The number of anilines is 2. The zero-order chi connectivity index (χ0) is 23.9. The minimum absolute atomic E-state index is 0.0628. The summed E-state index contributed by atoms with van der Waals surface area (Å²) < 4.78 is 16.1. The van der Waals surface area contributed by atoms with Gasteiger partial charge in [-0.25, -0.2) is 9.78 Å². The lowest BCUT2D eigenvalue weighted by Gasteiger charge is -2.28. The summed E-state index contributed by atoms with van der Waals surface area (Å²) >= 11 is 0. The Balaban J connectivity index is 1.31. The topological polar surface area (TPSA) is 106 Å². The van der Waals surface area contributed by atoms with E-state index in [4.69, 9.17) is 13.9 Å². The highest BCUT2D eigenvalue weighted by atomic mass is 16.5. The lowest BCUT2D eigenvalue weighted by molar-refractivity contribution is -0.119. The molecule has 0 aliphatic carbocycles. The maximum Gasteiger partial charge on any atom is 0.319 e. The molecule has 2 heterocycles. The van der Waals surface area contributed by atoms with Crippen LogP contribution in [-0.2, 0) is 11.2 Å². The van der Waals surface area contributed by atoms with Crippen molar-refractivity contribution in [3.8, 4) is 23.0 Å². The minimum atomic E-state index is -0.347. The number of nitrogens with one attached hydrogen (secondary N) is 2. The van der Waals surface area contributed by atoms with E-state index in [2.05, 4.69) is 15.6 Å². The van der Waals surface area contributed by atoms with Gasteiger partial charge in [-0.05, 0) is 55.3 Å². The van der Waals surface area contributed by atoms with Crippen LogP contribution in [0.1, 0.15) is 25.0 Å². The zero-order valence-electron chi connectivity index (χ0n) is 19.3. The molecular weight excluding hydrogens is 436 g/mol. The summed E-state index contributed by atoms with van der Waals surface area (Å²) in [6.07, 6.45) is 4.46. The van der Waals surface area contributed by atoms with E-state index in [0.29, 0.717) is 48.9 Å². The molecule has 0 spiro atoms. The van der Waals surface area contributed by atoms with Gasteiger partial charge in [-0.3, -0.25) is 4.79 Å². The molecule has 2 N–H and O–H groups in total. The Hall–Kier alpha value is -4.01. The summed E-state index contributed by atoms with van der Waals surface area (Å²) in [6, 6.07) is 12.4. The first-order chi connectivity index (χ1) is 16.6. The van der Waals surface area contributed by atoms with Crippen molar-refractivity contribution >= 4 is 23.3 Å². The highest BCUT2D eigenvalue weighted by Gasteiger charge is 2.23. The molecule has 1 aromatic heterocycles. The van der Waals surface area contributed by atoms with Gasteiger partial charge in [0.05, 0.1) is 25.6 Å². The van der Waals surface area contributed by atoms with Gasteiger partial charge in [-0.15, -0.1) is 0 Å². The number of urea groups is 1. The first kappa shape index (κ1) is 23.2. The van der Waals surface area contributed by atoms with E-state index >= 15 is 0 Å². The van der Waals surface area contributed by atoms with Crippen molar-refractivity contribution in [3.63, 3.8) is 0 Å². The van der Waals surface area contributed by atoms with Gasteiger partial charge in [-0.2, -0.15) is 0 Å². The summed E-state index contributed by atoms with van der Waals surface area (Å²) in [5, 5.41) is 5.64. The second-order valence-corrected chi connectivity index (χ2v) is 7.89. The number of carbonyl (C=O) groups excluding carboxylic acids is 2. The Morgan fingerprint density at radius 2 is 1.94 bits per heavy atom. The quantitative estimate of drug-likeness (QED) is 0.517. The number of carbonyl (C=O) groups is 2. The normalized spacial score (nSPS) is 13.5. The average Bonchev–Trinajstić information content (AvgIpc) is 3.33. The largest absolute Gasteiger partial charge is 0.497 e. The number of aromatic nitrogens is 1. The molecule has 34 heavy (non-hydrogen) atoms. The van der Waals surface area contributed by atoms with Crippen LogP contribution < -0.4 is 25.0 Å². The molecule has 3 amide bonds. The van der Waals surface area contributed by atoms with E-state index in [1.165, 1.54) is 0 Å². The van der Waals surface area contributed by atoms with Crippen molar-refractivity contribution < 1.29 is 23.5 Å². The van der Waals surface area contributed by atoms with Crippen LogP contribution >= 0.6 is 0 Å². The van der Waals surface area contributed by atoms with E-state index in [9.17, 15) is 9.59 Å². The fourth-order valence-corrected chi connectivity index (χ4v) is 3.81. The minimum Gasteiger partial charge on any atom is -0.497 e. The van der Waals surface area contributed by atoms with Crippen LogP contribution in [0, 0.1) is 0 Å². The lowest BCUT2D eigenvalue weighted by atomic mass is 10.1. The molecular formula is C25H28N4O5. The zero-order valence-corrected chi connectivity index (χ0v) is 19.3. The molecule has 178 valence electrons. The van der Waals surface area contributed by atoms with Gasteiger partial charge in [0.1, 0.15) is 17.8 Å². The van der Waals surface area contributed by atoms with Crippen LogP contribution in [0.2, 0.25) is 0 Å². The molecule has 1 fully saturated rings. The molecule has 1 aliphatic rings. The van der Waals surface area contributed by atoms with Gasteiger partial charge in [-0.1, -0.05) is 0 Å². The number of hydrogen-bond acceptors (Lipinski definition) is 6. The summed E-state index contributed by atoms with van der Waals surface area (Å²) in [5.74, 6) is 1.94. The highest BCUT2D eigenvalue weighted by Crippen LogP contribution is 2.33. The molecule has 0 radical (unpaired) electrons. The number of ether oxygens (including phenoxy) is 2. The Morgan fingerprint density at radius 1 is 1.12 bits per heavy atom. The number of benzene rings is 2. The number of oxazole rings is 1. The molecule has 4 rings (SSSR count). The van der Waals surface area contributed by atoms with Crippen molar-refractivity contribution in [1.29, 1.82) is 0 Å². The van der Waals surface area contributed by atoms with Gasteiger partial charge < -0.3 is 29.4 Å². The van der Waals surface area contributed by atoms with Gasteiger partial charge in [0.2, 0.25) is 11.8 Å². The third-order valence-electron chi connectivity index (χ3n) is 5.61. The van der Waals surface area contributed by atoms with E-state index in [-0.39, 0.29) is 11.9 Å². The Labute approximate surface area is 198 Å². The first-order valence-electron chi connectivity index (χ1n) is 11.2. The van der Waals surface area contributed by atoms with Gasteiger partial charge >= 0.3 is 6.03 Å². The third-order valence-corrected chi connectivity index (χ3v) is 5.61. The number of hydrogen-bond donors (Lipinski definition) is 2. The molecule has 0 atom stereocenters. The molecule has 0 saturated carbocycles. The summed E-state index contributed by atoms with van der Waals surface area (Å²) in [7, 11) is 3.18. The maximum atomic E-state index is 12.4. The van der Waals surface area contributed by atoms with Crippen molar-refractivity contribution in [1.82, 2.24) is 10.3 Å². The standard InChI is InChI=1S/C25H28N4O5/c1-32-20-9-6-17(7-10-20)24-27-19(16-34-24)12-13-26-25(31)28-18-8-11-22(33-2)21(15-18)29-14-4-3-5-23(29)30/h6-11,15-16H,3-5,12-14H2,1-2H3,(H2,26,28,31). The highest BCUT2D eigenvalue weighted by molar-refractivity contribution is 5.97. The first-order valence-corrected chi connectivity index (χ1v) is 11.2. The second kappa shape index (κ2) is 10.7. The summed E-state index contributed by atoms with van der Waals surface area (Å²) in [6.45, 7) is 1.02. The summed E-state index contributed by atoms with van der Waals surface area (Å²) in [5.41, 5.74) is 2.83. The van der Waals surface area contributed by atoms with Crippen LogP contribution in [0.4, 0.5) is 16.2 Å². The number of nitrogens with zero attached hydrogens (tertiary/aromatic N) is 2. The van der Waals surface area contributed by atoms with E-state index < -0.39 is 0 Å². The van der Waals surface area contributed by atoms with E-state index in [1.807, 2.05) is 24.3 Å². The predicted molar refractivity (Wildman–Crippen MR) is 128 cm³/mol. The Bertz CT molecular complexity index is 1140. The average molecular weight is 465 g/mol. The monoisotopic (exact) mass is 464 g/mol. The lowest BCUT2D eigenvalue weighted by Crippen LogP contribution is -2.35. The molecule has 9 nitrogen and oxygen atoms in total. The number of methoxy groups -OCH3 is 2. The van der Waals surface area contributed by atoms with Crippen LogP contribution in [0.25, 0.3) is 11.5 Å². The fraction of sp³-hybridized carbons (Fsp3) is 0.320. The number of piperidine rings is 1. The van der Waals surface area contributed by atoms with Gasteiger partial charge in [0.25, 0.3) is 0 Å². The number of amides is 3. The van der Waals surface area contributed by atoms with Crippen molar-refractivity contribution in [3.05, 3.63) is 54.4 Å². The fourth-order valence-electron chi connectivity index (χ4n) is 3.81. The Morgan fingerprint density at radius 3 is 2.68 bits per heavy atom. The predicted octanol–water partition coefficient (Wildman–Crippen LogP) is 4.24. The second-order valence-electron chi connectivity index (χ2n) is 7.89. The van der Waals surface area contributed by atoms with Gasteiger partial charge in [0.15, 0.2) is 0 Å².